The van der Waals surface area contributed by atoms with Crippen molar-refractivity contribution in [1.82, 2.24) is 10.2 Å². The number of anilines is 1. The predicted molar refractivity (Wildman–Crippen MR) is 104 cm³/mol. The van der Waals surface area contributed by atoms with Gasteiger partial charge < -0.3 is 15.4 Å². The topological polar surface area (TPSA) is 114 Å². The van der Waals surface area contributed by atoms with Crippen LogP contribution in [0.1, 0.15) is 11.6 Å². The second kappa shape index (κ2) is 9.40. The summed E-state index contributed by atoms with van der Waals surface area (Å²) in [5, 5.41) is 20.0. The van der Waals surface area contributed by atoms with Crippen LogP contribution in [0.4, 0.5) is 11.4 Å². The van der Waals surface area contributed by atoms with E-state index < -0.39 is 16.7 Å². The van der Waals surface area contributed by atoms with Crippen molar-refractivity contribution in [2.75, 3.05) is 38.2 Å². The maximum absolute atomic E-state index is 12.3. The van der Waals surface area contributed by atoms with Crippen LogP contribution >= 0.6 is 11.3 Å². The lowest BCUT2D eigenvalue weighted by Gasteiger charge is -2.34. The van der Waals surface area contributed by atoms with Crippen LogP contribution in [0.25, 0.3) is 0 Å². The van der Waals surface area contributed by atoms with Gasteiger partial charge in [0.15, 0.2) is 0 Å². The zero-order valence-corrected chi connectivity index (χ0v) is 15.8. The molecule has 2 N–H and O–H groups in total. The molecular weight excluding hydrogens is 384 g/mol. The van der Waals surface area contributed by atoms with E-state index in [2.05, 4.69) is 15.5 Å². The van der Waals surface area contributed by atoms with Crippen molar-refractivity contribution < 1.29 is 19.2 Å². The van der Waals surface area contributed by atoms with Crippen molar-refractivity contribution in [1.29, 1.82) is 0 Å². The Kier molecular flexibility index (Phi) is 6.69. The average Bonchev–Trinajstić information content (AvgIpc) is 3.23. The molecule has 3 rings (SSSR count). The minimum absolute atomic E-state index is 0.0183. The summed E-state index contributed by atoms with van der Waals surface area (Å²) in [6.07, 6.45) is 0. The zero-order chi connectivity index (χ0) is 19.9. The molecule has 148 valence electrons. The average molecular weight is 404 g/mol. The number of amides is 2. The number of carbonyl (C=O) groups is 2. The standard InChI is InChI=1S/C18H20N4O5S/c23-17(18(24)20-14-3-1-2-4-15(14)22(25)26)19-11-16(13-5-10-28-12-13)21-6-8-27-9-7-21/h1-5,10,12,16H,6-9,11H2,(H,19,23)(H,20,24). The molecule has 0 bridgehead atoms. The molecule has 1 aromatic heterocycles. The minimum Gasteiger partial charge on any atom is -0.379 e. The molecule has 1 unspecified atom stereocenters. The van der Waals surface area contributed by atoms with Crippen molar-refractivity contribution in [3.05, 3.63) is 56.8 Å². The maximum atomic E-state index is 12.3. The van der Waals surface area contributed by atoms with Crippen molar-refractivity contribution in [3.8, 4) is 0 Å². The molecule has 0 saturated carbocycles. The molecular formula is C18H20N4O5S. The molecule has 0 aliphatic carbocycles. The molecule has 1 saturated heterocycles. The van der Waals surface area contributed by atoms with Gasteiger partial charge in [-0.1, -0.05) is 12.1 Å². The van der Waals surface area contributed by atoms with E-state index in [1.807, 2.05) is 16.8 Å². The first-order valence-corrected chi connectivity index (χ1v) is 9.67. The third-order valence-electron chi connectivity index (χ3n) is 4.43. The molecule has 2 aromatic rings. The van der Waals surface area contributed by atoms with E-state index in [0.29, 0.717) is 13.2 Å². The summed E-state index contributed by atoms with van der Waals surface area (Å²) in [7, 11) is 0. The Morgan fingerprint density at radius 2 is 1.96 bits per heavy atom. The number of carbonyl (C=O) groups excluding carboxylic acids is 2. The minimum atomic E-state index is -0.944. The summed E-state index contributed by atoms with van der Waals surface area (Å²) in [5.41, 5.74) is 0.773. The number of nitrogens with one attached hydrogen (secondary N) is 2. The van der Waals surface area contributed by atoms with Gasteiger partial charge in [0.05, 0.1) is 24.2 Å². The normalized spacial score (nSPS) is 15.6. The van der Waals surface area contributed by atoms with Gasteiger partial charge >= 0.3 is 11.8 Å². The van der Waals surface area contributed by atoms with Crippen molar-refractivity contribution >= 4 is 34.5 Å². The van der Waals surface area contributed by atoms with E-state index in [9.17, 15) is 19.7 Å². The molecule has 1 aromatic carbocycles. The fraction of sp³-hybridized carbons (Fsp3) is 0.333. The fourth-order valence-corrected chi connectivity index (χ4v) is 3.71. The summed E-state index contributed by atoms with van der Waals surface area (Å²) in [6.45, 7) is 2.96. The van der Waals surface area contributed by atoms with Gasteiger partial charge in [-0.3, -0.25) is 24.6 Å². The summed E-state index contributed by atoms with van der Waals surface area (Å²) < 4.78 is 5.38. The number of para-hydroxylation sites is 2. The van der Waals surface area contributed by atoms with Crippen LogP contribution in [0.3, 0.4) is 0 Å². The van der Waals surface area contributed by atoms with Gasteiger partial charge in [0, 0.05) is 25.7 Å². The summed E-state index contributed by atoms with van der Waals surface area (Å²) >= 11 is 1.56. The summed E-state index contributed by atoms with van der Waals surface area (Å²) in [4.78, 5) is 37.1. The van der Waals surface area contributed by atoms with Crippen LogP contribution in [0.15, 0.2) is 41.1 Å². The number of thiophene rings is 1. The number of nitro groups is 1. The van der Waals surface area contributed by atoms with E-state index >= 15 is 0 Å². The molecule has 2 heterocycles. The number of hydrogen-bond donors (Lipinski definition) is 2. The lowest BCUT2D eigenvalue weighted by Crippen LogP contribution is -2.45. The number of rotatable bonds is 6. The van der Waals surface area contributed by atoms with Gasteiger partial charge in [-0.05, 0) is 28.5 Å². The number of hydrogen-bond acceptors (Lipinski definition) is 7. The van der Waals surface area contributed by atoms with E-state index in [1.165, 1.54) is 18.2 Å². The number of benzene rings is 1. The molecule has 2 amide bonds. The predicted octanol–water partition coefficient (Wildman–Crippen LogP) is 1.78. The van der Waals surface area contributed by atoms with Crippen LogP contribution in [0, 0.1) is 10.1 Å². The van der Waals surface area contributed by atoms with E-state index in [1.54, 1.807) is 17.4 Å². The summed E-state index contributed by atoms with van der Waals surface area (Å²) in [5.74, 6) is -1.79. The second-order valence-corrected chi connectivity index (χ2v) is 6.94. The molecule has 1 aliphatic rings. The number of nitrogens with zero attached hydrogens (tertiary/aromatic N) is 2. The SMILES string of the molecule is O=C(NCC(c1ccsc1)N1CCOCC1)C(=O)Nc1ccccc1[N+](=O)[O-]. The van der Waals surface area contributed by atoms with Gasteiger partial charge in [0.25, 0.3) is 5.69 Å². The summed E-state index contributed by atoms with van der Waals surface area (Å²) in [6, 6.07) is 7.60. The van der Waals surface area contributed by atoms with E-state index in [0.717, 1.165) is 18.7 Å². The highest BCUT2D eigenvalue weighted by Gasteiger charge is 2.25. The highest BCUT2D eigenvalue weighted by Crippen LogP contribution is 2.24. The Hall–Kier alpha value is -2.82. The molecule has 1 fully saturated rings. The monoisotopic (exact) mass is 404 g/mol. The highest BCUT2D eigenvalue weighted by molar-refractivity contribution is 7.08. The van der Waals surface area contributed by atoms with Gasteiger partial charge in [0.2, 0.25) is 0 Å². The quantitative estimate of drug-likeness (QED) is 0.431. The van der Waals surface area contributed by atoms with Crippen LogP contribution in [0.2, 0.25) is 0 Å². The Morgan fingerprint density at radius 1 is 1.21 bits per heavy atom. The molecule has 9 nitrogen and oxygen atoms in total. The van der Waals surface area contributed by atoms with E-state index in [-0.39, 0.29) is 24.0 Å². The maximum Gasteiger partial charge on any atom is 0.313 e. The van der Waals surface area contributed by atoms with Crippen LogP contribution in [-0.4, -0.2) is 54.5 Å². The fourth-order valence-electron chi connectivity index (χ4n) is 3.00. The van der Waals surface area contributed by atoms with Crippen molar-refractivity contribution in [2.45, 2.75) is 6.04 Å². The van der Waals surface area contributed by atoms with Crippen molar-refractivity contribution in [2.24, 2.45) is 0 Å². The van der Waals surface area contributed by atoms with Gasteiger partial charge in [0.1, 0.15) is 5.69 Å². The van der Waals surface area contributed by atoms with E-state index in [4.69, 9.17) is 4.74 Å². The largest absolute Gasteiger partial charge is 0.379 e. The first-order chi connectivity index (χ1) is 13.6. The first-order valence-electron chi connectivity index (χ1n) is 8.72. The highest BCUT2D eigenvalue weighted by atomic mass is 32.1. The Balaban J connectivity index is 1.63. The number of morpholine rings is 1. The smallest absolute Gasteiger partial charge is 0.313 e. The number of ether oxygens (including phenoxy) is 1. The van der Waals surface area contributed by atoms with Crippen LogP contribution in [0.5, 0.6) is 0 Å². The van der Waals surface area contributed by atoms with Crippen LogP contribution < -0.4 is 10.6 Å². The number of nitro benzene ring substituents is 1. The Labute approximate surface area is 165 Å². The second-order valence-electron chi connectivity index (χ2n) is 6.16. The third kappa shape index (κ3) is 4.91. The molecule has 0 spiro atoms. The van der Waals surface area contributed by atoms with Crippen molar-refractivity contribution in [3.63, 3.8) is 0 Å². The molecule has 1 atom stereocenters. The first kappa shape index (κ1) is 19.9. The molecule has 1 aliphatic heterocycles. The van der Waals surface area contributed by atoms with Gasteiger partial charge in [-0.25, -0.2) is 0 Å². The molecule has 0 radical (unpaired) electrons. The Morgan fingerprint density at radius 3 is 2.64 bits per heavy atom. The lowest BCUT2D eigenvalue weighted by molar-refractivity contribution is -0.383. The van der Waals surface area contributed by atoms with Crippen LogP contribution in [-0.2, 0) is 14.3 Å². The Bertz CT molecular complexity index is 836. The molecule has 28 heavy (non-hydrogen) atoms. The zero-order valence-electron chi connectivity index (χ0n) is 15.0. The van der Waals surface area contributed by atoms with Gasteiger partial charge in [-0.2, -0.15) is 11.3 Å². The third-order valence-corrected chi connectivity index (χ3v) is 5.13. The van der Waals surface area contributed by atoms with Gasteiger partial charge in [-0.15, -0.1) is 0 Å². The lowest BCUT2D eigenvalue weighted by atomic mass is 10.1. The molecule has 10 heteroatoms.